The lowest BCUT2D eigenvalue weighted by molar-refractivity contribution is -0.141. The van der Waals surface area contributed by atoms with Gasteiger partial charge in [0.25, 0.3) is 5.91 Å². The lowest BCUT2D eigenvalue weighted by Gasteiger charge is -2.23. The minimum Gasteiger partial charge on any atom is -0.481 e. The second kappa shape index (κ2) is 8.00. The van der Waals surface area contributed by atoms with Crippen LogP contribution < -0.4 is 5.32 Å². The highest BCUT2D eigenvalue weighted by Crippen LogP contribution is 2.24. The van der Waals surface area contributed by atoms with Crippen LogP contribution in [0.2, 0.25) is 0 Å². The number of para-hydroxylation sites is 1. The Balaban J connectivity index is 2.16. The lowest BCUT2D eigenvalue weighted by Crippen LogP contribution is -2.37. The molecule has 3 amide bonds. The number of hydrogen-bond acceptors (Lipinski definition) is 3. The summed E-state index contributed by atoms with van der Waals surface area (Å²) in [5.41, 5.74) is 1.74. The van der Waals surface area contributed by atoms with Crippen molar-refractivity contribution in [2.75, 3.05) is 32.0 Å². The second-order valence-electron chi connectivity index (χ2n) is 6.55. The number of benzene rings is 1. The third-order valence-electron chi connectivity index (χ3n) is 4.44. The smallest absolute Gasteiger partial charge is 0.321 e. The molecule has 1 heterocycles. The number of carboxylic acid groups (broad SMARTS) is 1. The largest absolute Gasteiger partial charge is 0.481 e. The Hall–Kier alpha value is -2.57. The molecule has 1 saturated heterocycles. The average molecular weight is 347 g/mol. The number of carboxylic acids is 1. The van der Waals surface area contributed by atoms with Crippen LogP contribution in [0.3, 0.4) is 0 Å². The molecular weight excluding hydrogens is 322 g/mol. The minimum atomic E-state index is -0.958. The number of nitrogens with one attached hydrogen (secondary N) is 1. The van der Waals surface area contributed by atoms with Gasteiger partial charge in [-0.3, -0.25) is 9.59 Å². The van der Waals surface area contributed by atoms with E-state index in [0.717, 1.165) is 31.5 Å². The van der Waals surface area contributed by atoms with E-state index in [9.17, 15) is 14.4 Å². The van der Waals surface area contributed by atoms with E-state index < -0.39 is 17.9 Å². The van der Waals surface area contributed by atoms with Crippen molar-refractivity contribution in [3.63, 3.8) is 0 Å². The maximum Gasteiger partial charge on any atom is 0.321 e. The molecule has 136 valence electrons. The number of rotatable bonds is 5. The first-order valence-electron chi connectivity index (χ1n) is 8.45. The molecule has 1 fully saturated rings. The number of carbonyl (C=O) groups is 3. The summed E-state index contributed by atoms with van der Waals surface area (Å²) in [5, 5.41) is 11.7. The van der Waals surface area contributed by atoms with E-state index in [4.69, 9.17) is 5.11 Å². The molecule has 0 spiro atoms. The molecule has 0 saturated carbocycles. The van der Waals surface area contributed by atoms with Crippen molar-refractivity contribution >= 4 is 23.6 Å². The second-order valence-corrected chi connectivity index (χ2v) is 6.55. The predicted molar refractivity (Wildman–Crippen MR) is 94.8 cm³/mol. The van der Waals surface area contributed by atoms with E-state index >= 15 is 0 Å². The van der Waals surface area contributed by atoms with Crippen LogP contribution in [0.15, 0.2) is 18.2 Å². The van der Waals surface area contributed by atoms with Crippen molar-refractivity contribution in [2.45, 2.75) is 26.7 Å². The zero-order valence-corrected chi connectivity index (χ0v) is 14.9. The van der Waals surface area contributed by atoms with Gasteiger partial charge in [0.05, 0.1) is 17.2 Å². The minimum absolute atomic E-state index is 0.0851. The van der Waals surface area contributed by atoms with Gasteiger partial charge in [0.15, 0.2) is 0 Å². The van der Waals surface area contributed by atoms with Gasteiger partial charge < -0.3 is 20.2 Å². The highest BCUT2D eigenvalue weighted by atomic mass is 16.4. The van der Waals surface area contributed by atoms with Crippen LogP contribution in [-0.2, 0) is 4.79 Å². The summed E-state index contributed by atoms with van der Waals surface area (Å²) in [6, 6.07) is 4.90. The zero-order valence-electron chi connectivity index (χ0n) is 14.9. The number of aryl methyl sites for hydroxylation is 1. The number of nitrogens with zero attached hydrogens (tertiary/aromatic N) is 2. The van der Waals surface area contributed by atoms with Gasteiger partial charge in [-0.25, -0.2) is 4.79 Å². The Kier molecular flexibility index (Phi) is 6.01. The summed E-state index contributed by atoms with van der Waals surface area (Å²) in [5.74, 6) is -1.71. The van der Waals surface area contributed by atoms with Gasteiger partial charge in [-0.15, -0.1) is 0 Å². The number of aliphatic carboxylic acids is 1. The van der Waals surface area contributed by atoms with Gasteiger partial charge in [0.2, 0.25) is 0 Å². The van der Waals surface area contributed by atoms with Gasteiger partial charge >= 0.3 is 12.0 Å². The van der Waals surface area contributed by atoms with Crippen LogP contribution in [0.25, 0.3) is 0 Å². The molecule has 1 aliphatic rings. The van der Waals surface area contributed by atoms with E-state index in [1.807, 2.05) is 13.0 Å². The van der Waals surface area contributed by atoms with Gasteiger partial charge in [0, 0.05) is 26.7 Å². The Bertz CT molecular complexity index is 668. The fourth-order valence-corrected chi connectivity index (χ4v) is 2.88. The van der Waals surface area contributed by atoms with Crippen molar-refractivity contribution in [3.05, 3.63) is 29.3 Å². The first-order chi connectivity index (χ1) is 11.8. The van der Waals surface area contributed by atoms with E-state index in [1.165, 1.54) is 11.9 Å². The van der Waals surface area contributed by atoms with E-state index in [0.29, 0.717) is 11.3 Å². The summed E-state index contributed by atoms with van der Waals surface area (Å²) in [4.78, 5) is 39.2. The van der Waals surface area contributed by atoms with Crippen molar-refractivity contribution in [1.82, 2.24) is 9.80 Å². The number of urea groups is 1. The summed E-state index contributed by atoms with van der Waals surface area (Å²) in [6.07, 6.45) is 1.99. The van der Waals surface area contributed by atoms with Crippen molar-refractivity contribution in [2.24, 2.45) is 5.92 Å². The zero-order chi connectivity index (χ0) is 18.6. The molecule has 2 rings (SSSR count). The van der Waals surface area contributed by atoms with Crippen molar-refractivity contribution in [3.8, 4) is 0 Å². The van der Waals surface area contributed by atoms with Gasteiger partial charge in [-0.05, 0) is 31.4 Å². The molecule has 1 atom stereocenters. The number of carbonyl (C=O) groups excluding carboxylic acids is 2. The molecular formula is C18H25N3O4. The van der Waals surface area contributed by atoms with E-state index in [2.05, 4.69) is 5.32 Å². The molecule has 0 bridgehead atoms. The highest BCUT2D eigenvalue weighted by Gasteiger charge is 2.24. The maximum atomic E-state index is 12.7. The Morgan fingerprint density at radius 2 is 1.92 bits per heavy atom. The van der Waals surface area contributed by atoms with Crippen LogP contribution in [0.1, 0.15) is 35.7 Å². The molecule has 0 aliphatic carbocycles. The number of likely N-dealkylation sites (tertiary alicyclic amines) is 1. The summed E-state index contributed by atoms with van der Waals surface area (Å²) < 4.78 is 0. The van der Waals surface area contributed by atoms with Crippen LogP contribution in [0.5, 0.6) is 0 Å². The Morgan fingerprint density at radius 1 is 1.28 bits per heavy atom. The van der Waals surface area contributed by atoms with Crippen LogP contribution in [0, 0.1) is 12.8 Å². The summed E-state index contributed by atoms with van der Waals surface area (Å²) >= 11 is 0. The monoisotopic (exact) mass is 347 g/mol. The van der Waals surface area contributed by atoms with Gasteiger partial charge in [-0.1, -0.05) is 19.1 Å². The van der Waals surface area contributed by atoms with Crippen LogP contribution >= 0.6 is 0 Å². The fraction of sp³-hybridized carbons (Fsp3) is 0.500. The predicted octanol–water partition coefficient (Wildman–Crippen LogP) is 2.42. The number of hydrogen-bond donors (Lipinski definition) is 2. The third kappa shape index (κ3) is 4.49. The highest BCUT2D eigenvalue weighted by molar-refractivity contribution is 6.04. The van der Waals surface area contributed by atoms with Crippen LogP contribution in [0.4, 0.5) is 10.5 Å². The first kappa shape index (κ1) is 18.8. The molecule has 7 nitrogen and oxygen atoms in total. The van der Waals surface area contributed by atoms with E-state index in [1.54, 1.807) is 24.0 Å². The maximum absolute atomic E-state index is 12.7. The fourth-order valence-electron chi connectivity index (χ4n) is 2.88. The van der Waals surface area contributed by atoms with E-state index in [-0.39, 0.29) is 12.5 Å². The number of amides is 3. The quantitative estimate of drug-likeness (QED) is 0.856. The molecule has 1 aromatic carbocycles. The van der Waals surface area contributed by atoms with Crippen molar-refractivity contribution < 1.29 is 19.5 Å². The standard InChI is InChI=1S/C18H25N3O4/c1-12-7-6-8-14(16(22)21-9-4-5-10-21)15(12)19-18(25)20(3)11-13(2)17(23)24/h6-8,13H,4-5,9-11H2,1-3H3,(H,19,25)(H,23,24). The SMILES string of the molecule is Cc1cccc(C(=O)N2CCCC2)c1NC(=O)N(C)CC(C)C(=O)O. The molecule has 1 aromatic rings. The Labute approximate surface area is 147 Å². The molecule has 1 unspecified atom stereocenters. The lowest BCUT2D eigenvalue weighted by atomic mass is 10.1. The van der Waals surface area contributed by atoms with Crippen molar-refractivity contribution in [1.29, 1.82) is 0 Å². The first-order valence-corrected chi connectivity index (χ1v) is 8.45. The molecule has 2 N–H and O–H groups in total. The normalized spacial score (nSPS) is 14.9. The Morgan fingerprint density at radius 3 is 2.52 bits per heavy atom. The summed E-state index contributed by atoms with van der Waals surface area (Å²) in [7, 11) is 1.54. The third-order valence-corrected chi connectivity index (χ3v) is 4.44. The van der Waals surface area contributed by atoms with Crippen LogP contribution in [-0.4, -0.2) is 59.5 Å². The molecule has 25 heavy (non-hydrogen) atoms. The average Bonchev–Trinajstić information content (AvgIpc) is 3.10. The molecule has 7 heteroatoms. The topological polar surface area (TPSA) is 90.0 Å². The molecule has 0 aromatic heterocycles. The van der Waals surface area contributed by atoms with Gasteiger partial charge in [-0.2, -0.15) is 0 Å². The number of anilines is 1. The molecule has 1 aliphatic heterocycles. The summed E-state index contributed by atoms with van der Waals surface area (Å²) in [6.45, 7) is 4.92. The molecule has 0 radical (unpaired) electrons. The van der Waals surface area contributed by atoms with Gasteiger partial charge in [0.1, 0.15) is 0 Å².